The summed E-state index contributed by atoms with van der Waals surface area (Å²) in [6, 6.07) is 5.13. The number of halogens is 2. The Bertz CT molecular complexity index is 492. The van der Waals surface area contributed by atoms with Crippen molar-refractivity contribution in [3.05, 3.63) is 29.0 Å². The van der Waals surface area contributed by atoms with Crippen LogP contribution in [0.4, 0.5) is 10.1 Å². The van der Waals surface area contributed by atoms with Gasteiger partial charge < -0.3 is 5.32 Å². The third-order valence-corrected chi connectivity index (χ3v) is 4.87. The standard InChI is InChI=1S/C13H14ClFN2S/c14-10-6-9(4-5-11(10)15)16-13-17-12-3-1-2-8(12)7-18-13/h4-6,8,12H,1-3,7H2,(H,16,17). The van der Waals surface area contributed by atoms with Gasteiger partial charge in [-0.2, -0.15) is 0 Å². The van der Waals surface area contributed by atoms with Crippen molar-refractivity contribution in [3.63, 3.8) is 0 Å². The molecule has 0 bridgehead atoms. The third-order valence-electron chi connectivity index (χ3n) is 3.51. The minimum absolute atomic E-state index is 0.139. The fourth-order valence-electron chi connectivity index (χ4n) is 2.52. The number of hydrogen-bond donors (Lipinski definition) is 1. The fraction of sp³-hybridized carbons (Fsp3) is 0.462. The van der Waals surface area contributed by atoms with Gasteiger partial charge in [-0.15, -0.1) is 0 Å². The van der Waals surface area contributed by atoms with Gasteiger partial charge in [0.15, 0.2) is 5.17 Å². The number of hydrogen-bond acceptors (Lipinski definition) is 3. The first-order valence-corrected chi connectivity index (χ1v) is 7.51. The highest BCUT2D eigenvalue weighted by molar-refractivity contribution is 8.14. The number of amidine groups is 1. The second-order valence-electron chi connectivity index (χ2n) is 4.76. The highest BCUT2D eigenvalue weighted by Gasteiger charge is 2.30. The molecule has 0 spiro atoms. The van der Waals surface area contributed by atoms with Gasteiger partial charge in [0.25, 0.3) is 0 Å². The Hall–Kier alpha value is -0.740. The minimum Gasteiger partial charge on any atom is -0.335 e. The van der Waals surface area contributed by atoms with Crippen molar-refractivity contribution >= 4 is 34.2 Å². The molecule has 1 N–H and O–H groups in total. The molecule has 2 aliphatic rings. The molecular weight excluding hydrogens is 271 g/mol. The van der Waals surface area contributed by atoms with E-state index in [4.69, 9.17) is 16.6 Å². The quantitative estimate of drug-likeness (QED) is 0.837. The molecule has 1 aliphatic heterocycles. The summed E-state index contributed by atoms with van der Waals surface area (Å²) in [5.74, 6) is 1.49. The van der Waals surface area contributed by atoms with Crippen LogP contribution < -0.4 is 5.32 Å². The molecule has 0 amide bonds. The molecule has 1 heterocycles. The van der Waals surface area contributed by atoms with Crippen LogP contribution in [0.15, 0.2) is 23.2 Å². The second-order valence-corrected chi connectivity index (χ2v) is 6.17. The average molecular weight is 285 g/mol. The van der Waals surface area contributed by atoms with Crippen molar-refractivity contribution in [2.75, 3.05) is 11.1 Å². The number of anilines is 1. The fourth-order valence-corrected chi connectivity index (χ4v) is 3.86. The lowest BCUT2D eigenvalue weighted by Gasteiger charge is -2.23. The maximum atomic E-state index is 13.1. The van der Waals surface area contributed by atoms with Crippen LogP contribution in [0.1, 0.15) is 19.3 Å². The topological polar surface area (TPSA) is 24.4 Å². The van der Waals surface area contributed by atoms with E-state index in [-0.39, 0.29) is 5.02 Å². The number of nitrogens with zero attached hydrogens (tertiary/aromatic N) is 1. The summed E-state index contributed by atoms with van der Waals surface area (Å²) in [5.41, 5.74) is 0.795. The summed E-state index contributed by atoms with van der Waals surface area (Å²) in [6.45, 7) is 0. The highest BCUT2D eigenvalue weighted by Crippen LogP contribution is 2.35. The summed E-state index contributed by atoms with van der Waals surface area (Å²) < 4.78 is 13.1. The van der Waals surface area contributed by atoms with Gasteiger partial charge in [-0.05, 0) is 37.0 Å². The average Bonchev–Trinajstić information content (AvgIpc) is 2.81. The van der Waals surface area contributed by atoms with Crippen molar-refractivity contribution in [2.24, 2.45) is 10.9 Å². The van der Waals surface area contributed by atoms with E-state index >= 15 is 0 Å². The molecule has 2 nitrogen and oxygen atoms in total. The predicted molar refractivity (Wildman–Crippen MR) is 76.1 cm³/mol. The number of fused-ring (bicyclic) bond motifs is 1. The monoisotopic (exact) mass is 284 g/mol. The van der Waals surface area contributed by atoms with Crippen molar-refractivity contribution < 1.29 is 4.39 Å². The van der Waals surface area contributed by atoms with Gasteiger partial charge in [0.2, 0.25) is 0 Å². The lowest BCUT2D eigenvalue weighted by atomic mass is 10.1. The Balaban J connectivity index is 1.74. The van der Waals surface area contributed by atoms with Gasteiger partial charge in [-0.3, -0.25) is 4.99 Å². The van der Waals surface area contributed by atoms with Crippen LogP contribution in [0.2, 0.25) is 5.02 Å². The summed E-state index contributed by atoms with van der Waals surface area (Å²) in [4.78, 5) is 4.72. The molecule has 1 fully saturated rings. The SMILES string of the molecule is Fc1ccc(NC2=NC3CCCC3CS2)cc1Cl. The first-order chi connectivity index (χ1) is 8.72. The normalized spacial score (nSPS) is 26.7. The maximum Gasteiger partial charge on any atom is 0.161 e. The van der Waals surface area contributed by atoms with Crippen LogP contribution >= 0.6 is 23.4 Å². The van der Waals surface area contributed by atoms with Crippen LogP contribution in [-0.4, -0.2) is 17.0 Å². The first-order valence-electron chi connectivity index (χ1n) is 6.15. The summed E-state index contributed by atoms with van der Waals surface area (Å²) in [6.07, 6.45) is 3.78. The van der Waals surface area contributed by atoms with Crippen molar-refractivity contribution in [3.8, 4) is 0 Å². The molecule has 1 saturated carbocycles. The van der Waals surface area contributed by atoms with Crippen molar-refractivity contribution in [1.82, 2.24) is 0 Å². The highest BCUT2D eigenvalue weighted by atomic mass is 35.5. The third kappa shape index (κ3) is 2.50. The summed E-state index contributed by atoms with van der Waals surface area (Å²) >= 11 is 7.51. The van der Waals surface area contributed by atoms with E-state index in [1.165, 1.54) is 25.3 Å². The molecular formula is C13H14ClFN2S. The smallest absolute Gasteiger partial charge is 0.161 e. The number of aliphatic imine (C=N–C) groups is 1. The predicted octanol–water partition coefficient (Wildman–Crippen LogP) is 4.16. The number of thioether (sulfide) groups is 1. The lowest BCUT2D eigenvalue weighted by Crippen LogP contribution is -2.25. The molecule has 18 heavy (non-hydrogen) atoms. The van der Waals surface area contributed by atoms with Gasteiger partial charge in [0, 0.05) is 11.4 Å². The van der Waals surface area contributed by atoms with E-state index in [1.54, 1.807) is 23.9 Å². The Morgan fingerprint density at radius 3 is 3.11 bits per heavy atom. The van der Waals surface area contributed by atoms with Gasteiger partial charge in [-0.25, -0.2) is 4.39 Å². The van der Waals surface area contributed by atoms with Gasteiger partial charge in [-0.1, -0.05) is 29.8 Å². The zero-order valence-corrected chi connectivity index (χ0v) is 11.4. The molecule has 5 heteroatoms. The Morgan fingerprint density at radius 2 is 2.28 bits per heavy atom. The molecule has 0 saturated heterocycles. The van der Waals surface area contributed by atoms with Crippen LogP contribution in [0, 0.1) is 11.7 Å². The van der Waals surface area contributed by atoms with E-state index in [0.29, 0.717) is 6.04 Å². The van der Waals surface area contributed by atoms with E-state index in [1.807, 2.05) is 0 Å². The Kier molecular flexibility index (Phi) is 3.48. The minimum atomic E-state index is -0.392. The first kappa shape index (κ1) is 12.3. The van der Waals surface area contributed by atoms with Crippen LogP contribution in [0.25, 0.3) is 0 Å². The van der Waals surface area contributed by atoms with Crippen molar-refractivity contribution in [1.29, 1.82) is 0 Å². The van der Waals surface area contributed by atoms with Crippen LogP contribution in [0.3, 0.4) is 0 Å². The Labute approximate surface area is 115 Å². The van der Waals surface area contributed by atoms with E-state index in [2.05, 4.69) is 5.32 Å². The van der Waals surface area contributed by atoms with E-state index in [9.17, 15) is 4.39 Å². The van der Waals surface area contributed by atoms with Gasteiger partial charge >= 0.3 is 0 Å². The number of nitrogens with one attached hydrogen (secondary N) is 1. The summed E-state index contributed by atoms with van der Waals surface area (Å²) in [7, 11) is 0. The zero-order chi connectivity index (χ0) is 12.5. The molecule has 1 aliphatic carbocycles. The second kappa shape index (κ2) is 5.10. The lowest BCUT2D eigenvalue weighted by molar-refractivity contribution is 0.535. The Morgan fingerprint density at radius 1 is 1.39 bits per heavy atom. The molecule has 0 aromatic heterocycles. The molecule has 0 radical (unpaired) electrons. The largest absolute Gasteiger partial charge is 0.335 e. The number of benzene rings is 1. The maximum absolute atomic E-state index is 13.1. The molecule has 1 aromatic carbocycles. The molecule has 1 aromatic rings. The van der Waals surface area contributed by atoms with Crippen LogP contribution in [-0.2, 0) is 0 Å². The molecule has 2 atom stereocenters. The van der Waals surface area contributed by atoms with E-state index < -0.39 is 5.82 Å². The molecule has 96 valence electrons. The van der Waals surface area contributed by atoms with Crippen molar-refractivity contribution in [2.45, 2.75) is 25.3 Å². The zero-order valence-electron chi connectivity index (χ0n) is 9.83. The van der Waals surface area contributed by atoms with Gasteiger partial charge in [0.1, 0.15) is 5.82 Å². The van der Waals surface area contributed by atoms with Gasteiger partial charge in [0.05, 0.1) is 11.1 Å². The summed E-state index contributed by atoms with van der Waals surface area (Å²) in [5, 5.41) is 4.29. The van der Waals surface area contributed by atoms with E-state index in [0.717, 1.165) is 22.5 Å². The van der Waals surface area contributed by atoms with Crippen LogP contribution in [0.5, 0.6) is 0 Å². The number of rotatable bonds is 1. The molecule has 2 unspecified atom stereocenters. The molecule has 3 rings (SSSR count).